The minimum Gasteiger partial charge on any atom is -0.309 e. The van der Waals surface area contributed by atoms with Gasteiger partial charge in [-0.2, -0.15) is 0 Å². The predicted molar refractivity (Wildman–Crippen MR) is 144 cm³/mol. The quantitative estimate of drug-likeness (QED) is 0.358. The Bertz CT molecular complexity index is 1610. The Balaban J connectivity index is 1.39. The lowest BCUT2D eigenvalue weighted by Gasteiger charge is -2.19. The van der Waals surface area contributed by atoms with E-state index in [4.69, 9.17) is 0 Å². The fraction of sp³-hybridized carbons (Fsp3) is 0.143. The van der Waals surface area contributed by atoms with E-state index < -0.39 is 0 Å². The Morgan fingerprint density at radius 1 is 0.639 bits per heavy atom. The van der Waals surface area contributed by atoms with Crippen molar-refractivity contribution in [2.45, 2.75) is 13.8 Å². The third-order valence-electron chi connectivity index (χ3n) is 6.47. The molecule has 4 aromatic heterocycles. The molecule has 6 nitrogen and oxygen atoms in total. The maximum atomic E-state index is 13.3. The summed E-state index contributed by atoms with van der Waals surface area (Å²) in [6.45, 7) is 4.06. The zero-order valence-electron chi connectivity index (χ0n) is 20.2. The van der Waals surface area contributed by atoms with Gasteiger partial charge in [0.15, 0.2) is 0 Å². The highest BCUT2D eigenvalue weighted by Crippen LogP contribution is 2.45. The van der Waals surface area contributed by atoms with E-state index in [9.17, 15) is 9.59 Å². The summed E-state index contributed by atoms with van der Waals surface area (Å²) in [6.07, 6.45) is 3.55. The van der Waals surface area contributed by atoms with Gasteiger partial charge in [0.05, 0.1) is 33.9 Å². The number of pyridine rings is 2. The Kier molecular flexibility index (Phi) is 5.24. The average Bonchev–Trinajstić information content (AvgIpc) is 3.64. The molecule has 8 heteroatoms. The van der Waals surface area contributed by atoms with Crippen LogP contribution in [-0.4, -0.2) is 45.7 Å². The minimum absolute atomic E-state index is 0.227. The number of nitrogens with zero attached hydrogens (tertiary/aromatic N) is 4. The monoisotopic (exact) mass is 510 g/mol. The summed E-state index contributed by atoms with van der Waals surface area (Å²) in [6, 6.07) is 16.2. The number of likely N-dealkylation sites (N-methyl/N-ethyl adjacent to an activating group) is 2. The molecule has 0 radical (unpaired) electrons. The molecule has 0 bridgehead atoms. The van der Waals surface area contributed by atoms with E-state index >= 15 is 0 Å². The van der Waals surface area contributed by atoms with Crippen LogP contribution in [0.15, 0.2) is 72.1 Å². The van der Waals surface area contributed by atoms with Gasteiger partial charge < -0.3 is 9.80 Å². The summed E-state index contributed by atoms with van der Waals surface area (Å²) in [5.74, 6) is -0.454. The fourth-order valence-corrected chi connectivity index (χ4v) is 6.56. The van der Waals surface area contributed by atoms with Crippen LogP contribution in [0.4, 0.5) is 0 Å². The zero-order valence-corrected chi connectivity index (χ0v) is 21.8. The molecule has 0 saturated carbocycles. The van der Waals surface area contributed by atoms with Crippen LogP contribution in [0.5, 0.6) is 0 Å². The van der Waals surface area contributed by atoms with Crippen LogP contribution in [0, 0.1) is 13.8 Å². The van der Waals surface area contributed by atoms with Crippen molar-refractivity contribution in [2.24, 2.45) is 0 Å². The molecule has 0 fully saturated rings. The van der Waals surface area contributed by atoms with Crippen molar-refractivity contribution in [2.75, 3.05) is 14.1 Å². The normalized spacial score (nSPS) is 15.6. The topological polar surface area (TPSA) is 66.4 Å². The standard InChI is InChI=1S/C28H22N4O2S2/c1-15-5-8-18(29-13-15)25-23-24(28(34)31(25)3)26(32(4)27(23)33)19-9-7-17(14-30-19)20-11-12-22(36-20)21-10-6-16(2)35-21/h5-14H,1-4H3. The Morgan fingerprint density at radius 2 is 1.19 bits per heavy atom. The van der Waals surface area contributed by atoms with Crippen LogP contribution in [-0.2, 0) is 9.59 Å². The molecule has 0 saturated heterocycles. The first-order valence-corrected chi connectivity index (χ1v) is 13.1. The third kappa shape index (κ3) is 3.44. The van der Waals surface area contributed by atoms with Gasteiger partial charge in [0.2, 0.25) is 0 Å². The predicted octanol–water partition coefficient (Wildman–Crippen LogP) is 5.62. The van der Waals surface area contributed by atoms with E-state index in [1.807, 2.05) is 37.4 Å². The molecule has 6 heterocycles. The highest BCUT2D eigenvalue weighted by molar-refractivity contribution is 7.23. The number of thiophene rings is 2. The number of hydrogen-bond donors (Lipinski definition) is 0. The summed E-state index contributed by atoms with van der Waals surface area (Å²) in [5.41, 5.74) is 5.03. The molecular formula is C28H22N4O2S2. The minimum atomic E-state index is -0.227. The van der Waals surface area contributed by atoms with Crippen molar-refractivity contribution in [3.8, 4) is 20.2 Å². The number of amides is 2. The molecule has 2 aliphatic heterocycles. The second kappa shape index (κ2) is 8.36. The number of carbonyl (C=O) groups is 2. The molecule has 0 atom stereocenters. The fourth-order valence-electron chi connectivity index (χ4n) is 4.61. The SMILES string of the molecule is Cc1ccc(C2=C3C(=O)N(C)C(c4ccc(-c5ccc(-c6ccc(C)s6)s5)cn4)=C3C(=O)N2C)nc1. The average molecular weight is 511 g/mol. The van der Waals surface area contributed by atoms with Crippen LogP contribution in [0.25, 0.3) is 31.6 Å². The van der Waals surface area contributed by atoms with Gasteiger partial charge in [0.25, 0.3) is 11.8 Å². The van der Waals surface area contributed by atoms with E-state index in [1.54, 1.807) is 43.0 Å². The molecule has 6 rings (SSSR count). The van der Waals surface area contributed by atoms with E-state index in [0.29, 0.717) is 33.9 Å². The molecule has 2 amide bonds. The van der Waals surface area contributed by atoms with Gasteiger partial charge in [0, 0.05) is 51.6 Å². The second-order valence-corrected chi connectivity index (χ2v) is 11.3. The van der Waals surface area contributed by atoms with Crippen molar-refractivity contribution in [3.63, 3.8) is 0 Å². The molecule has 0 N–H and O–H groups in total. The lowest BCUT2D eigenvalue weighted by atomic mass is 10.0. The number of aromatic nitrogens is 2. The molecule has 2 aliphatic rings. The summed E-state index contributed by atoms with van der Waals surface area (Å²) >= 11 is 3.51. The van der Waals surface area contributed by atoms with Gasteiger partial charge in [-0.05, 0) is 61.9 Å². The summed E-state index contributed by atoms with van der Waals surface area (Å²) in [5, 5.41) is 0. The lowest BCUT2D eigenvalue weighted by Crippen LogP contribution is -2.25. The van der Waals surface area contributed by atoms with Crippen LogP contribution in [0.1, 0.15) is 21.8 Å². The zero-order chi connectivity index (χ0) is 25.1. The van der Waals surface area contributed by atoms with Crippen molar-refractivity contribution < 1.29 is 9.59 Å². The summed E-state index contributed by atoms with van der Waals surface area (Å²) in [4.78, 5) is 43.8. The molecular weight excluding hydrogens is 488 g/mol. The van der Waals surface area contributed by atoms with Gasteiger partial charge in [-0.15, -0.1) is 22.7 Å². The highest BCUT2D eigenvalue weighted by Gasteiger charge is 2.47. The van der Waals surface area contributed by atoms with Crippen molar-refractivity contribution in [3.05, 3.63) is 93.9 Å². The molecule has 0 aliphatic carbocycles. The molecule has 178 valence electrons. The van der Waals surface area contributed by atoms with Crippen molar-refractivity contribution >= 4 is 45.9 Å². The van der Waals surface area contributed by atoms with Crippen LogP contribution >= 0.6 is 22.7 Å². The van der Waals surface area contributed by atoms with E-state index in [1.165, 1.54) is 24.4 Å². The van der Waals surface area contributed by atoms with E-state index in [-0.39, 0.29) is 11.8 Å². The molecule has 0 unspecified atom stereocenters. The highest BCUT2D eigenvalue weighted by atomic mass is 32.1. The van der Waals surface area contributed by atoms with Gasteiger partial charge in [-0.1, -0.05) is 6.07 Å². The van der Waals surface area contributed by atoms with Crippen LogP contribution in [0.2, 0.25) is 0 Å². The number of hydrogen-bond acceptors (Lipinski definition) is 6. The van der Waals surface area contributed by atoms with Gasteiger partial charge >= 0.3 is 0 Å². The van der Waals surface area contributed by atoms with Crippen LogP contribution < -0.4 is 0 Å². The first-order valence-electron chi connectivity index (χ1n) is 11.4. The maximum absolute atomic E-state index is 13.3. The molecule has 4 aromatic rings. The van der Waals surface area contributed by atoms with Gasteiger partial charge in [-0.25, -0.2) is 0 Å². The Morgan fingerprint density at radius 3 is 1.72 bits per heavy atom. The second-order valence-electron chi connectivity index (χ2n) is 8.90. The Hall–Kier alpha value is -3.88. The smallest absolute Gasteiger partial charge is 0.261 e. The van der Waals surface area contributed by atoms with Crippen molar-refractivity contribution in [1.29, 1.82) is 0 Å². The first-order chi connectivity index (χ1) is 17.3. The number of fused-ring (bicyclic) bond motifs is 1. The third-order valence-corrected chi connectivity index (χ3v) is 8.80. The molecule has 0 spiro atoms. The molecule has 36 heavy (non-hydrogen) atoms. The lowest BCUT2D eigenvalue weighted by molar-refractivity contribution is -0.123. The van der Waals surface area contributed by atoms with Crippen molar-refractivity contribution in [1.82, 2.24) is 19.8 Å². The number of aryl methyl sites for hydroxylation is 2. The van der Waals surface area contributed by atoms with Crippen LogP contribution in [0.3, 0.4) is 0 Å². The largest absolute Gasteiger partial charge is 0.309 e. The van der Waals surface area contributed by atoms with E-state index in [2.05, 4.69) is 41.2 Å². The van der Waals surface area contributed by atoms with Gasteiger partial charge in [-0.3, -0.25) is 19.6 Å². The van der Waals surface area contributed by atoms with E-state index in [0.717, 1.165) is 16.0 Å². The first kappa shape index (κ1) is 22.6. The summed E-state index contributed by atoms with van der Waals surface area (Å²) < 4.78 is 0. The number of rotatable bonds is 4. The summed E-state index contributed by atoms with van der Waals surface area (Å²) in [7, 11) is 3.37. The van der Waals surface area contributed by atoms with Gasteiger partial charge in [0.1, 0.15) is 0 Å². The Labute approximate surface area is 216 Å². The molecule has 0 aromatic carbocycles. The number of carbonyl (C=O) groups excluding carboxylic acids is 2. The maximum Gasteiger partial charge on any atom is 0.261 e.